The molecule has 4 rings (SSSR count). The Kier molecular flexibility index (Phi) is 4.08. The summed E-state index contributed by atoms with van der Waals surface area (Å²) in [6.07, 6.45) is 0. The second kappa shape index (κ2) is 6.56. The minimum atomic E-state index is -0.452. The molecule has 0 radical (unpaired) electrons. The first-order valence-electron chi connectivity index (χ1n) is 8.38. The van der Waals surface area contributed by atoms with E-state index >= 15 is 0 Å². The molecule has 0 aliphatic heterocycles. The van der Waals surface area contributed by atoms with Crippen LogP contribution >= 0.6 is 0 Å². The van der Waals surface area contributed by atoms with Crippen LogP contribution < -0.4 is 16.0 Å². The highest BCUT2D eigenvalue weighted by molar-refractivity contribution is 5.86. The van der Waals surface area contributed by atoms with E-state index in [-0.39, 0.29) is 5.82 Å². The van der Waals surface area contributed by atoms with Gasteiger partial charge in [0.15, 0.2) is 5.82 Å². The van der Waals surface area contributed by atoms with Crippen molar-refractivity contribution in [2.45, 2.75) is 13.5 Å². The van der Waals surface area contributed by atoms with Gasteiger partial charge in [-0.3, -0.25) is 9.48 Å². The summed E-state index contributed by atoms with van der Waals surface area (Å²) in [5.41, 5.74) is 8.75. The highest BCUT2D eigenvalue weighted by Crippen LogP contribution is 2.25. The zero-order valence-electron chi connectivity index (χ0n) is 14.9. The van der Waals surface area contributed by atoms with Crippen LogP contribution in [0, 0.1) is 6.92 Å². The number of aromatic amines is 1. The number of anilines is 1. The van der Waals surface area contributed by atoms with E-state index in [9.17, 15) is 4.79 Å². The Bertz CT molecular complexity index is 1180. The van der Waals surface area contributed by atoms with Crippen molar-refractivity contribution in [1.82, 2.24) is 25.0 Å². The van der Waals surface area contributed by atoms with Gasteiger partial charge in [0.25, 0.3) is 5.56 Å². The number of aryl methyl sites for hydroxylation is 1. The Morgan fingerprint density at radius 1 is 1.15 bits per heavy atom. The molecule has 0 saturated carbocycles. The van der Waals surface area contributed by atoms with E-state index < -0.39 is 5.56 Å². The lowest BCUT2D eigenvalue weighted by molar-refractivity contribution is 0.414. The Labute approximate surface area is 154 Å². The number of nitrogens with two attached hydrogens (primary N) is 1. The average Bonchev–Trinajstić information content (AvgIpc) is 2.99. The summed E-state index contributed by atoms with van der Waals surface area (Å²) in [6.45, 7) is 2.60. The number of fused-ring (bicyclic) bond motifs is 1. The van der Waals surface area contributed by atoms with Crippen molar-refractivity contribution >= 4 is 16.7 Å². The lowest BCUT2D eigenvalue weighted by Gasteiger charge is -2.06. The van der Waals surface area contributed by atoms with Crippen molar-refractivity contribution in [3.63, 3.8) is 0 Å². The molecule has 0 fully saturated rings. The van der Waals surface area contributed by atoms with Gasteiger partial charge in [-0.25, -0.2) is 0 Å². The van der Waals surface area contributed by atoms with Gasteiger partial charge in [0.1, 0.15) is 5.75 Å². The number of rotatable bonds is 4. The van der Waals surface area contributed by atoms with Crippen molar-refractivity contribution in [2.75, 3.05) is 12.8 Å². The number of hydrogen-bond acceptors (Lipinski definition) is 6. The second-order valence-electron chi connectivity index (χ2n) is 6.21. The minimum Gasteiger partial charge on any atom is -0.497 e. The lowest BCUT2D eigenvalue weighted by atomic mass is 10.1. The molecule has 0 aliphatic rings. The van der Waals surface area contributed by atoms with Crippen LogP contribution in [-0.2, 0) is 6.54 Å². The molecule has 8 nitrogen and oxygen atoms in total. The predicted molar refractivity (Wildman–Crippen MR) is 103 cm³/mol. The molecule has 136 valence electrons. The SMILES string of the molecule is COc1ccc(Cn2nc(C)c3cc(-c4nnc(N)c(=O)[nH]4)ccc32)cc1. The smallest absolute Gasteiger partial charge is 0.293 e. The number of benzene rings is 2. The van der Waals surface area contributed by atoms with Gasteiger partial charge in [0.2, 0.25) is 5.82 Å². The zero-order chi connectivity index (χ0) is 19.0. The number of ether oxygens (including phenoxy) is 1. The zero-order valence-corrected chi connectivity index (χ0v) is 14.9. The largest absolute Gasteiger partial charge is 0.497 e. The van der Waals surface area contributed by atoms with Crippen LogP contribution in [0.25, 0.3) is 22.3 Å². The van der Waals surface area contributed by atoms with Gasteiger partial charge in [-0.15, -0.1) is 10.2 Å². The summed E-state index contributed by atoms with van der Waals surface area (Å²) in [6, 6.07) is 13.7. The highest BCUT2D eigenvalue weighted by Gasteiger charge is 2.11. The van der Waals surface area contributed by atoms with Gasteiger partial charge in [-0.05, 0) is 42.8 Å². The van der Waals surface area contributed by atoms with Gasteiger partial charge >= 0.3 is 0 Å². The maximum absolute atomic E-state index is 11.7. The van der Waals surface area contributed by atoms with E-state index in [1.54, 1.807) is 7.11 Å². The number of nitrogen functional groups attached to an aromatic ring is 1. The molecule has 3 N–H and O–H groups in total. The molecule has 0 amide bonds. The molecule has 0 aliphatic carbocycles. The lowest BCUT2D eigenvalue weighted by Crippen LogP contribution is -2.16. The number of nitrogens with one attached hydrogen (secondary N) is 1. The standard InChI is InChI=1S/C19H18N6O2/c1-11-15-9-13(18-21-19(26)17(20)22-23-18)5-8-16(15)25(24-11)10-12-3-6-14(27-2)7-4-12/h3-9H,10H2,1-2H3,(H2,20,22)(H,21,23,26). The monoisotopic (exact) mass is 362 g/mol. The van der Waals surface area contributed by atoms with Crippen molar-refractivity contribution in [3.8, 4) is 17.1 Å². The van der Waals surface area contributed by atoms with Crippen LogP contribution in [0.1, 0.15) is 11.3 Å². The molecular formula is C19H18N6O2. The first-order valence-corrected chi connectivity index (χ1v) is 8.38. The van der Waals surface area contributed by atoms with Crippen molar-refractivity contribution < 1.29 is 4.74 Å². The summed E-state index contributed by atoms with van der Waals surface area (Å²) in [4.78, 5) is 14.3. The van der Waals surface area contributed by atoms with Gasteiger partial charge in [-0.2, -0.15) is 5.10 Å². The van der Waals surface area contributed by atoms with Crippen LogP contribution in [0.3, 0.4) is 0 Å². The normalized spacial score (nSPS) is 11.0. The van der Waals surface area contributed by atoms with Crippen molar-refractivity contribution in [1.29, 1.82) is 0 Å². The fourth-order valence-corrected chi connectivity index (χ4v) is 2.99. The third-order valence-electron chi connectivity index (χ3n) is 4.42. The molecule has 4 aromatic rings. The van der Waals surface area contributed by atoms with Crippen LogP contribution in [0.4, 0.5) is 5.82 Å². The first-order chi connectivity index (χ1) is 13.0. The second-order valence-corrected chi connectivity index (χ2v) is 6.21. The van der Waals surface area contributed by atoms with Gasteiger partial charge in [-0.1, -0.05) is 12.1 Å². The Hall–Kier alpha value is -3.68. The van der Waals surface area contributed by atoms with E-state index in [0.717, 1.165) is 33.5 Å². The molecule has 8 heteroatoms. The average molecular weight is 362 g/mol. The van der Waals surface area contributed by atoms with E-state index in [4.69, 9.17) is 10.5 Å². The van der Waals surface area contributed by atoms with Crippen molar-refractivity contribution in [3.05, 3.63) is 64.1 Å². The van der Waals surface area contributed by atoms with Gasteiger partial charge in [0, 0.05) is 10.9 Å². The number of aromatic nitrogens is 5. The third kappa shape index (κ3) is 3.12. The summed E-state index contributed by atoms with van der Waals surface area (Å²) < 4.78 is 7.15. The Balaban J connectivity index is 1.71. The first kappa shape index (κ1) is 16.8. The molecule has 2 aromatic carbocycles. The maximum Gasteiger partial charge on any atom is 0.293 e. The number of hydrogen-bond donors (Lipinski definition) is 2. The van der Waals surface area contributed by atoms with Crippen LogP contribution in [0.5, 0.6) is 5.75 Å². The fraction of sp³-hybridized carbons (Fsp3) is 0.158. The number of methoxy groups -OCH3 is 1. The topological polar surface area (TPSA) is 112 Å². The van der Waals surface area contributed by atoms with Gasteiger partial charge < -0.3 is 15.5 Å². The third-order valence-corrected chi connectivity index (χ3v) is 4.42. The van der Waals surface area contributed by atoms with Crippen molar-refractivity contribution in [2.24, 2.45) is 0 Å². The molecule has 0 bridgehead atoms. The van der Waals surface area contributed by atoms with Crippen LogP contribution in [0.2, 0.25) is 0 Å². The van der Waals surface area contributed by atoms with E-state index in [1.165, 1.54) is 0 Å². The molecule has 0 spiro atoms. The fourth-order valence-electron chi connectivity index (χ4n) is 2.99. The molecule has 2 heterocycles. The Morgan fingerprint density at radius 3 is 2.63 bits per heavy atom. The molecule has 0 unspecified atom stereocenters. The molecule has 0 atom stereocenters. The molecule has 27 heavy (non-hydrogen) atoms. The number of nitrogens with zero attached hydrogens (tertiary/aromatic N) is 4. The van der Waals surface area contributed by atoms with E-state index in [1.807, 2.05) is 54.1 Å². The van der Waals surface area contributed by atoms with E-state index in [2.05, 4.69) is 20.3 Å². The number of H-pyrrole nitrogens is 1. The summed E-state index contributed by atoms with van der Waals surface area (Å²) >= 11 is 0. The highest BCUT2D eigenvalue weighted by atomic mass is 16.5. The molecule has 2 aromatic heterocycles. The maximum atomic E-state index is 11.7. The van der Waals surface area contributed by atoms with Crippen LogP contribution in [-0.4, -0.2) is 32.1 Å². The summed E-state index contributed by atoms with van der Waals surface area (Å²) in [5.74, 6) is 1.05. The Morgan fingerprint density at radius 2 is 1.93 bits per heavy atom. The quantitative estimate of drug-likeness (QED) is 0.575. The molecule has 0 saturated heterocycles. The minimum absolute atomic E-state index is 0.150. The van der Waals surface area contributed by atoms with Gasteiger partial charge in [0.05, 0.1) is 24.9 Å². The summed E-state index contributed by atoms with van der Waals surface area (Å²) in [5, 5.41) is 13.3. The molecular weight excluding hydrogens is 344 g/mol. The summed E-state index contributed by atoms with van der Waals surface area (Å²) in [7, 11) is 1.65. The van der Waals surface area contributed by atoms with Crippen LogP contribution in [0.15, 0.2) is 47.3 Å². The van der Waals surface area contributed by atoms with E-state index in [0.29, 0.717) is 12.4 Å². The predicted octanol–water partition coefficient (Wildman–Crippen LogP) is 2.13.